The number of nitrogens with one attached hydrogen (secondary N) is 1. The van der Waals surface area contributed by atoms with Crippen LogP contribution >= 0.6 is 11.6 Å². The molecule has 0 amide bonds. The smallest absolute Gasteiger partial charge is 0.141 e. The van der Waals surface area contributed by atoms with Crippen LogP contribution in [0.1, 0.15) is 24.3 Å². The fourth-order valence-corrected chi connectivity index (χ4v) is 2.12. The highest BCUT2D eigenvalue weighted by atomic mass is 35.5. The lowest BCUT2D eigenvalue weighted by Gasteiger charge is -2.23. The van der Waals surface area contributed by atoms with Crippen LogP contribution in [0.25, 0.3) is 0 Å². The molecule has 1 aromatic heterocycles. The molecule has 4 heteroatoms. The van der Waals surface area contributed by atoms with Gasteiger partial charge in [0.25, 0.3) is 0 Å². The minimum Gasteiger partial charge on any atom is -0.317 e. The SMILES string of the molecule is Fc1cnc(Cl)c(C2CCNCC2)c1. The molecule has 2 heterocycles. The van der Waals surface area contributed by atoms with Gasteiger partial charge >= 0.3 is 0 Å². The average molecular weight is 215 g/mol. The largest absolute Gasteiger partial charge is 0.317 e. The Bertz CT molecular complexity index is 324. The van der Waals surface area contributed by atoms with Gasteiger partial charge in [-0.2, -0.15) is 0 Å². The first-order valence-electron chi connectivity index (χ1n) is 4.79. The fourth-order valence-electron chi connectivity index (χ4n) is 1.86. The lowest BCUT2D eigenvalue weighted by molar-refractivity contribution is 0.457. The second-order valence-corrected chi connectivity index (χ2v) is 3.92. The van der Waals surface area contributed by atoms with Crippen molar-refractivity contribution >= 4 is 11.6 Å². The molecule has 76 valence electrons. The van der Waals surface area contributed by atoms with Crippen molar-refractivity contribution in [2.75, 3.05) is 13.1 Å². The van der Waals surface area contributed by atoms with Gasteiger partial charge in [-0.3, -0.25) is 0 Å². The van der Waals surface area contributed by atoms with Crippen LogP contribution in [0.2, 0.25) is 5.15 Å². The molecule has 0 saturated carbocycles. The van der Waals surface area contributed by atoms with E-state index in [1.807, 2.05) is 0 Å². The van der Waals surface area contributed by atoms with Gasteiger partial charge in [0.15, 0.2) is 0 Å². The summed E-state index contributed by atoms with van der Waals surface area (Å²) in [5.74, 6) is 0.0508. The highest BCUT2D eigenvalue weighted by Gasteiger charge is 2.18. The molecule has 0 spiro atoms. The van der Waals surface area contributed by atoms with Crippen LogP contribution in [0.3, 0.4) is 0 Å². The standard InChI is InChI=1S/C10H12ClFN2/c11-10-9(5-8(12)6-14-10)7-1-3-13-4-2-7/h5-7,13H,1-4H2. The summed E-state index contributed by atoms with van der Waals surface area (Å²) in [5.41, 5.74) is 0.855. The third-order valence-corrected chi connectivity index (χ3v) is 2.93. The van der Waals surface area contributed by atoms with Crippen LogP contribution in [0.15, 0.2) is 12.3 Å². The molecule has 2 nitrogen and oxygen atoms in total. The average Bonchev–Trinajstić information content (AvgIpc) is 2.23. The maximum atomic E-state index is 13.0. The van der Waals surface area contributed by atoms with Crippen molar-refractivity contribution in [2.45, 2.75) is 18.8 Å². The van der Waals surface area contributed by atoms with Crippen molar-refractivity contribution in [3.8, 4) is 0 Å². The first-order valence-corrected chi connectivity index (χ1v) is 5.17. The van der Waals surface area contributed by atoms with Crippen molar-refractivity contribution in [1.82, 2.24) is 10.3 Å². The molecule has 1 N–H and O–H groups in total. The molecule has 0 unspecified atom stereocenters. The summed E-state index contributed by atoms with van der Waals surface area (Å²) in [5, 5.41) is 3.70. The van der Waals surface area contributed by atoms with Crippen LogP contribution in [0.5, 0.6) is 0 Å². The van der Waals surface area contributed by atoms with E-state index in [-0.39, 0.29) is 5.82 Å². The summed E-state index contributed by atoms with van der Waals surface area (Å²) in [6, 6.07) is 1.51. The summed E-state index contributed by atoms with van der Waals surface area (Å²) in [7, 11) is 0. The molecule has 0 aromatic carbocycles. The Morgan fingerprint density at radius 1 is 1.43 bits per heavy atom. The van der Waals surface area contributed by atoms with Gasteiger partial charge in [-0.15, -0.1) is 0 Å². The van der Waals surface area contributed by atoms with Gasteiger partial charge in [-0.25, -0.2) is 9.37 Å². The first kappa shape index (κ1) is 9.87. The van der Waals surface area contributed by atoms with E-state index in [0.29, 0.717) is 11.1 Å². The number of rotatable bonds is 1. The molecule has 1 fully saturated rings. The molecule has 1 saturated heterocycles. The Morgan fingerprint density at radius 2 is 2.14 bits per heavy atom. The Kier molecular flexibility index (Phi) is 2.99. The zero-order chi connectivity index (χ0) is 9.97. The highest BCUT2D eigenvalue weighted by Crippen LogP contribution is 2.29. The molecule has 1 aliphatic heterocycles. The predicted molar refractivity (Wildman–Crippen MR) is 54.0 cm³/mol. The molecule has 1 aliphatic rings. The number of pyridine rings is 1. The van der Waals surface area contributed by atoms with Crippen molar-refractivity contribution in [2.24, 2.45) is 0 Å². The highest BCUT2D eigenvalue weighted by molar-refractivity contribution is 6.30. The van der Waals surface area contributed by atoms with Gasteiger partial charge in [0.1, 0.15) is 11.0 Å². The summed E-state index contributed by atoms with van der Waals surface area (Å²) in [4.78, 5) is 3.82. The van der Waals surface area contributed by atoms with Gasteiger partial charge < -0.3 is 5.32 Å². The van der Waals surface area contributed by atoms with Crippen LogP contribution in [0, 0.1) is 5.82 Å². The predicted octanol–water partition coefficient (Wildman–Crippen LogP) is 2.34. The zero-order valence-corrected chi connectivity index (χ0v) is 8.52. The molecule has 0 aliphatic carbocycles. The van der Waals surface area contributed by atoms with E-state index in [9.17, 15) is 4.39 Å². The summed E-state index contributed by atoms with van der Waals surface area (Å²) >= 11 is 5.93. The maximum absolute atomic E-state index is 13.0. The van der Waals surface area contributed by atoms with Crippen molar-refractivity contribution < 1.29 is 4.39 Å². The quantitative estimate of drug-likeness (QED) is 0.726. The third kappa shape index (κ3) is 2.04. The van der Waals surface area contributed by atoms with Gasteiger partial charge in [0.05, 0.1) is 6.20 Å². The number of hydrogen-bond donors (Lipinski definition) is 1. The summed E-state index contributed by atoms with van der Waals surface area (Å²) in [6.07, 6.45) is 3.17. The van der Waals surface area contributed by atoms with E-state index in [0.717, 1.165) is 37.7 Å². The van der Waals surface area contributed by atoms with E-state index in [2.05, 4.69) is 10.3 Å². The van der Waals surface area contributed by atoms with E-state index in [1.165, 1.54) is 6.07 Å². The van der Waals surface area contributed by atoms with Gasteiger partial charge in [0, 0.05) is 0 Å². The lowest BCUT2D eigenvalue weighted by atomic mass is 9.91. The van der Waals surface area contributed by atoms with E-state index >= 15 is 0 Å². The monoisotopic (exact) mass is 214 g/mol. The van der Waals surface area contributed by atoms with E-state index in [1.54, 1.807) is 0 Å². The Morgan fingerprint density at radius 3 is 2.86 bits per heavy atom. The van der Waals surface area contributed by atoms with Crippen molar-refractivity contribution in [3.63, 3.8) is 0 Å². The topological polar surface area (TPSA) is 24.9 Å². The molecular formula is C10H12ClFN2. The number of nitrogens with zero attached hydrogens (tertiary/aromatic N) is 1. The Labute approximate surface area is 87.5 Å². The van der Waals surface area contributed by atoms with Crippen LogP contribution in [-0.2, 0) is 0 Å². The minimum absolute atomic E-state index is 0.303. The normalized spacial score (nSPS) is 18.4. The maximum Gasteiger partial charge on any atom is 0.141 e. The second kappa shape index (κ2) is 4.24. The number of aromatic nitrogens is 1. The third-order valence-electron chi connectivity index (χ3n) is 2.61. The molecular weight excluding hydrogens is 203 g/mol. The summed E-state index contributed by atoms with van der Waals surface area (Å²) in [6.45, 7) is 1.94. The molecule has 2 rings (SSSR count). The van der Waals surface area contributed by atoms with Gasteiger partial charge in [0.2, 0.25) is 0 Å². The first-order chi connectivity index (χ1) is 6.77. The zero-order valence-electron chi connectivity index (χ0n) is 7.76. The summed E-state index contributed by atoms with van der Waals surface area (Å²) < 4.78 is 13.0. The van der Waals surface area contributed by atoms with Crippen molar-refractivity contribution in [1.29, 1.82) is 0 Å². The molecule has 0 radical (unpaired) electrons. The van der Waals surface area contributed by atoms with E-state index < -0.39 is 0 Å². The van der Waals surface area contributed by atoms with Crippen LogP contribution < -0.4 is 5.32 Å². The molecule has 1 aromatic rings. The fraction of sp³-hybridized carbons (Fsp3) is 0.500. The van der Waals surface area contributed by atoms with Crippen LogP contribution in [-0.4, -0.2) is 18.1 Å². The van der Waals surface area contributed by atoms with E-state index in [4.69, 9.17) is 11.6 Å². The number of halogens is 2. The number of piperidine rings is 1. The molecule has 14 heavy (non-hydrogen) atoms. The minimum atomic E-state index is -0.303. The van der Waals surface area contributed by atoms with Crippen molar-refractivity contribution in [3.05, 3.63) is 28.8 Å². The second-order valence-electron chi connectivity index (χ2n) is 3.56. The molecule has 0 bridgehead atoms. The molecule has 0 atom stereocenters. The lowest BCUT2D eigenvalue weighted by Crippen LogP contribution is -2.26. The Hall–Kier alpha value is -0.670. The van der Waals surface area contributed by atoms with Gasteiger partial charge in [-0.1, -0.05) is 11.6 Å². The number of hydrogen-bond acceptors (Lipinski definition) is 2. The van der Waals surface area contributed by atoms with Gasteiger partial charge in [-0.05, 0) is 43.5 Å². The Balaban J connectivity index is 2.24. The van der Waals surface area contributed by atoms with Crippen LogP contribution in [0.4, 0.5) is 4.39 Å².